The molecule has 1 aromatic heterocycles. The molecule has 0 spiro atoms. The van der Waals surface area contributed by atoms with Gasteiger partial charge in [-0.2, -0.15) is 0 Å². The second-order valence-corrected chi connectivity index (χ2v) is 2.58. The summed E-state index contributed by atoms with van der Waals surface area (Å²) >= 11 is 0. The van der Waals surface area contributed by atoms with Crippen LogP contribution in [0.3, 0.4) is 0 Å². The summed E-state index contributed by atoms with van der Waals surface area (Å²) < 4.78 is 1.40. The van der Waals surface area contributed by atoms with Crippen LogP contribution in [0.1, 0.15) is 12.7 Å². The Labute approximate surface area is 74.5 Å². The van der Waals surface area contributed by atoms with Gasteiger partial charge >= 0.3 is 5.97 Å². The summed E-state index contributed by atoms with van der Waals surface area (Å²) in [6.07, 6.45) is 0.652. The first-order valence-corrected chi connectivity index (χ1v) is 3.88. The van der Waals surface area contributed by atoms with E-state index in [2.05, 4.69) is 15.5 Å². The van der Waals surface area contributed by atoms with E-state index in [-0.39, 0.29) is 6.54 Å². The van der Waals surface area contributed by atoms with Crippen molar-refractivity contribution in [3.63, 3.8) is 0 Å². The van der Waals surface area contributed by atoms with Crippen LogP contribution in [-0.2, 0) is 17.8 Å². The highest BCUT2D eigenvalue weighted by molar-refractivity contribution is 5.72. The van der Waals surface area contributed by atoms with Crippen molar-refractivity contribution in [1.29, 1.82) is 0 Å². The summed E-state index contributed by atoms with van der Waals surface area (Å²) in [6, 6.07) is -0.964. The number of hydrogen-bond acceptors (Lipinski definition) is 5. The molecule has 0 radical (unpaired) electrons. The normalized spacial score (nSPS) is 12.8. The fourth-order valence-electron chi connectivity index (χ4n) is 0.883. The number of aryl methyl sites for hydroxylation is 1. The highest BCUT2D eigenvalue weighted by Gasteiger charge is 2.14. The molecule has 1 atom stereocenters. The van der Waals surface area contributed by atoms with Gasteiger partial charge in [0.25, 0.3) is 0 Å². The number of hydrogen-bond donors (Lipinski definition) is 2. The van der Waals surface area contributed by atoms with E-state index >= 15 is 0 Å². The molecule has 0 aliphatic heterocycles. The summed E-state index contributed by atoms with van der Waals surface area (Å²) in [7, 11) is 0. The average molecular weight is 185 g/mol. The summed E-state index contributed by atoms with van der Waals surface area (Å²) in [4.78, 5) is 10.4. The monoisotopic (exact) mass is 185 g/mol. The maximum absolute atomic E-state index is 10.4. The standard InChI is InChI=1S/C6H11N5O2/c1-2-5-8-9-10-11(5)3-4(7)6(12)13/h4H,2-3,7H2,1H3,(H,12,13). The minimum absolute atomic E-state index is 0.103. The molecule has 7 nitrogen and oxygen atoms in total. The lowest BCUT2D eigenvalue weighted by Gasteiger charge is -2.06. The molecular weight excluding hydrogens is 174 g/mol. The number of carboxylic acids is 1. The maximum Gasteiger partial charge on any atom is 0.322 e. The maximum atomic E-state index is 10.4. The van der Waals surface area contributed by atoms with Crippen LogP contribution in [0, 0.1) is 0 Å². The first-order valence-electron chi connectivity index (χ1n) is 3.88. The number of rotatable bonds is 4. The van der Waals surface area contributed by atoms with Crippen molar-refractivity contribution in [3.05, 3.63) is 5.82 Å². The molecule has 0 aromatic carbocycles. The zero-order valence-electron chi connectivity index (χ0n) is 7.21. The molecule has 1 unspecified atom stereocenters. The van der Waals surface area contributed by atoms with Gasteiger partial charge in [-0.1, -0.05) is 6.92 Å². The fourth-order valence-corrected chi connectivity index (χ4v) is 0.883. The Hall–Kier alpha value is -1.50. The van der Waals surface area contributed by atoms with Crippen LogP contribution >= 0.6 is 0 Å². The zero-order valence-corrected chi connectivity index (χ0v) is 7.21. The van der Waals surface area contributed by atoms with Crippen molar-refractivity contribution in [2.45, 2.75) is 25.9 Å². The van der Waals surface area contributed by atoms with E-state index in [9.17, 15) is 4.79 Å². The number of aliphatic carboxylic acids is 1. The molecule has 0 saturated carbocycles. The lowest BCUT2D eigenvalue weighted by molar-refractivity contribution is -0.138. The highest BCUT2D eigenvalue weighted by Crippen LogP contribution is 1.94. The van der Waals surface area contributed by atoms with Gasteiger partial charge in [-0.3, -0.25) is 4.79 Å². The van der Waals surface area contributed by atoms with Gasteiger partial charge in [-0.05, 0) is 10.4 Å². The third kappa shape index (κ3) is 2.22. The largest absolute Gasteiger partial charge is 0.480 e. The molecule has 7 heteroatoms. The smallest absolute Gasteiger partial charge is 0.322 e. The number of aromatic nitrogens is 4. The average Bonchev–Trinajstić information content (AvgIpc) is 2.51. The van der Waals surface area contributed by atoms with Crippen molar-refractivity contribution in [2.75, 3.05) is 0 Å². The quantitative estimate of drug-likeness (QED) is 0.600. The molecule has 0 aliphatic carbocycles. The van der Waals surface area contributed by atoms with Gasteiger partial charge in [-0.25, -0.2) is 4.68 Å². The summed E-state index contributed by atoms with van der Waals surface area (Å²) in [5.74, 6) is -0.422. The minimum Gasteiger partial charge on any atom is -0.480 e. The Morgan fingerprint density at radius 3 is 3.00 bits per heavy atom. The van der Waals surface area contributed by atoms with Crippen molar-refractivity contribution < 1.29 is 9.90 Å². The molecule has 72 valence electrons. The van der Waals surface area contributed by atoms with Crippen LogP contribution < -0.4 is 5.73 Å². The molecule has 0 fully saturated rings. The SMILES string of the molecule is CCc1nnnn1CC(N)C(=O)O. The van der Waals surface area contributed by atoms with E-state index < -0.39 is 12.0 Å². The zero-order chi connectivity index (χ0) is 9.84. The molecule has 3 N–H and O–H groups in total. The molecular formula is C6H11N5O2. The molecule has 0 saturated heterocycles. The molecule has 0 bridgehead atoms. The van der Waals surface area contributed by atoms with E-state index in [0.717, 1.165) is 0 Å². The Morgan fingerprint density at radius 2 is 2.46 bits per heavy atom. The highest BCUT2D eigenvalue weighted by atomic mass is 16.4. The Balaban J connectivity index is 2.68. The van der Waals surface area contributed by atoms with Gasteiger partial charge in [0, 0.05) is 6.42 Å². The molecule has 1 rings (SSSR count). The number of carboxylic acid groups (broad SMARTS) is 1. The van der Waals surface area contributed by atoms with Gasteiger partial charge < -0.3 is 10.8 Å². The van der Waals surface area contributed by atoms with Crippen LogP contribution in [0.4, 0.5) is 0 Å². The van der Waals surface area contributed by atoms with E-state index in [1.807, 2.05) is 6.92 Å². The van der Waals surface area contributed by atoms with Crippen LogP contribution in [0.2, 0.25) is 0 Å². The number of nitrogens with zero attached hydrogens (tertiary/aromatic N) is 4. The van der Waals surface area contributed by atoms with Crippen LogP contribution in [0.5, 0.6) is 0 Å². The molecule has 0 aliphatic rings. The van der Waals surface area contributed by atoms with Crippen LogP contribution in [0.15, 0.2) is 0 Å². The van der Waals surface area contributed by atoms with Crippen molar-refractivity contribution in [2.24, 2.45) is 5.73 Å². The van der Waals surface area contributed by atoms with E-state index in [1.165, 1.54) is 4.68 Å². The van der Waals surface area contributed by atoms with Crippen molar-refractivity contribution in [1.82, 2.24) is 20.2 Å². The topological polar surface area (TPSA) is 107 Å². The van der Waals surface area contributed by atoms with Crippen LogP contribution in [0.25, 0.3) is 0 Å². The van der Waals surface area contributed by atoms with Gasteiger partial charge in [0.1, 0.15) is 6.04 Å². The second-order valence-electron chi connectivity index (χ2n) is 2.58. The summed E-state index contributed by atoms with van der Waals surface area (Å²) in [5, 5.41) is 19.3. The predicted molar refractivity (Wildman–Crippen MR) is 42.8 cm³/mol. The molecule has 1 heterocycles. The van der Waals surface area contributed by atoms with Crippen LogP contribution in [-0.4, -0.2) is 37.3 Å². The van der Waals surface area contributed by atoms with E-state index in [1.54, 1.807) is 0 Å². The first kappa shape index (κ1) is 9.59. The molecule has 13 heavy (non-hydrogen) atoms. The van der Waals surface area contributed by atoms with Gasteiger partial charge in [-0.15, -0.1) is 5.10 Å². The predicted octanol–water partition coefficient (Wildman–Crippen LogP) is -1.35. The van der Waals surface area contributed by atoms with Gasteiger partial charge in [0.15, 0.2) is 5.82 Å². The van der Waals surface area contributed by atoms with E-state index in [4.69, 9.17) is 10.8 Å². The van der Waals surface area contributed by atoms with Crippen molar-refractivity contribution >= 4 is 5.97 Å². The lowest BCUT2D eigenvalue weighted by Crippen LogP contribution is -2.35. The Kier molecular flexibility index (Phi) is 2.91. The lowest BCUT2D eigenvalue weighted by atomic mass is 10.3. The first-order chi connectivity index (χ1) is 6.15. The Morgan fingerprint density at radius 1 is 1.77 bits per heavy atom. The third-order valence-electron chi connectivity index (χ3n) is 1.61. The van der Waals surface area contributed by atoms with E-state index in [0.29, 0.717) is 12.2 Å². The summed E-state index contributed by atoms with van der Waals surface area (Å²) in [5.41, 5.74) is 5.32. The van der Waals surface area contributed by atoms with Gasteiger partial charge in [0.2, 0.25) is 0 Å². The number of tetrazole rings is 1. The fraction of sp³-hybridized carbons (Fsp3) is 0.667. The number of carbonyl (C=O) groups is 1. The third-order valence-corrected chi connectivity index (χ3v) is 1.61. The number of nitrogens with two attached hydrogens (primary N) is 1. The second kappa shape index (κ2) is 3.94. The minimum atomic E-state index is -1.06. The molecule has 1 aromatic rings. The van der Waals surface area contributed by atoms with Gasteiger partial charge in [0.05, 0.1) is 6.54 Å². The molecule has 0 amide bonds. The van der Waals surface area contributed by atoms with Crippen molar-refractivity contribution in [3.8, 4) is 0 Å². The summed E-state index contributed by atoms with van der Waals surface area (Å²) in [6.45, 7) is 1.99. The Bertz CT molecular complexity index is 297.